The van der Waals surface area contributed by atoms with E-state index in [2.05, 4.69) is 17.4 Å². The van der Waals surface area contributed by atoms with Gasteiger partial charge in [-0.05, 0) is 55.7 Å². The van der Waals surface area contributed by atoms with Crippen molar-refractivity contribution in [3.8, 4) is 0 Å². The van der Waals surface area contributed by atoms with E-state index in [0.717, 1.165) is 6.42 Å². The van der Waals surface area contributed by atoms with Crippen LogP contribution in [0.4, 0.5) is 10.5 Å². The molecule has 3 rings (SSSR count). The van der Waals surface area contributed by atoms with Gasteiger partial charge in [-0.2, -0.15) is 0 Å². The summed E-state index contributed by atoms with van der Waals surface area (Å²) in [6.07, 6.45) is 0.857. The lowest BCUT2D eigenvalue weighted by Gasteiger charge is -2.35. The monoisotopic (exact) mass is 338 g/mol. The van der Waals surface area contributed by atoms with E-state index >= 15 is 0 Å². The number of fused-ring (bicyclic) bond motifs is 1. The van der Waals surface area contributed by atoms with Crippen LogP contribution in [0, 0.1) is 0 Å². The first-order chi connectivity index (χ1) is 12.1. The zero-order chi connectivity index (χ0) is 17.8. The van der Waals surface area contributed by atoms with Gasteiger partial charge in [-0.25, -0.2) is 9.59 Å². The molecule has 1 heterocycles. The Kier molecular flexibility index (Phi) is 5.03. The lowest BCUT2D eigenvalue weighted by atomic mass is 9.94. The van der Waals surface area contributed by atoms with E-state index in [4.69, 9.17) is 4.74 Å². The fourth-order valence-electron chi connectivity index (χ4n) is 3.15. The molecule has 0 saturated carbocycles. The average molecular weight is 338 g/mol. The van der Waals surface area contributed by atoms with Crippen LogP contribution < -0.4 is 5.32 Å². The Morgan fingerprint density at radius 3 is 2.60 bits per heavy atom. The van der Waals surface area contributed by atoms with E-state index in [1.807, 2.05) is 24.0 Å². The summed E-state index contributed by atoms with van der Waals surface area (Å²) in [6, 6.07) is 14.9. The summed E-state index contributed by atoms with van der Waals surface area (Å²) in [5.41, 5.74) is 3.63. The molecule has 0 spiro atoms. The molecule has 1 aliphatic heterocycles. The van der Waals surface area contributed by atoms with Crippen LogP contribution >= 0.6 is 0 Å². The van der Waals surface area contributed by atoms with Gasteiger partial charge in [0.1, 0.15) is 0 Å². The number of ether oxygens (including phenoxy) is 1. The summed E-state index contributed by atoms with van der Waals surface area (Å²) in [5.74, 6) is -0.360. The van der Waals surface area contributed by atoms with Gasteiger partial charge in [-0.3, -0.25) is 0 Å². The molecule has 0 radical (unpaired) electrons. The zero-order valence-electron chi connectivity index (χ0n) is 14.5. The van der Waals surface area contributed by atoms with E-state index in [1.54, 1.807) is 31.2 Å². The fraction of sp³-hybridized carbons (Fsp3) is 0.300. The van der Waals surface area contributed by atoms with Crippen LogP contribution in [0.15, 0.2) is 48.5 Å². The van der Waals surface area contributed by atoms with Crippen molar-refractivity contribution in [2.24, 2.45) is 0 Å². The molecular weight excluding hydrogens is 316 g/mol. The third kappa shape index (κ3) is 3.65. The van der Waals surface area contributed by atoms with E-state index < -0.39 is 0 Å². The topological polar surface area (TPSA) is 58.6 Å². The van der Waals surface area contributed by atoms with Gasteiger partial charge in [0.15, 0.2) is 0 Å². The Morgan fingerprint density at radius 2 is 1.88 bits per heavy atom. The Hall–Kier alpha value is -2.82. The van der Waals surface area contributed by atoms with Crippen LogP contribution in [0.3, 0.4) is 0 Å². The minimum atomic E-state index is -0.360. The molecule has 0 bridgehead atoms. The maximum Gasteiger partial charge on any atom is 0.338 e. The van der Waals surface area contributed by atoms with E-state index in [9.17, 15) is 9.59 Å². The standard InChI is InChI=1S/C20H22N2O3/c1-3-25-19(23)16-8-10-17(11-9-16)21-20(24)22-13-12-15-6-4-5-7-18(15)14(22)2/h4-11,14H,3,12-13H2,1-2H3,(H,21,24). The predicted octanol–water partition coefficient (Wildman–Crippen LogP) is 4.01. The van der Waals surface area contributed by atoms with Crippen molar-refractivity contribution in [2.75, 3.05) is 18.5 Å². The van der Waals surface area contributed by atoms with Gasteiger partial charge in [-0.1, -0.05) is 24.3 Å². The van der Waals surface area contributed by atoms with Crippen molar-refractivity contribution >= 4 is 17.7 Å². The van der Waals surface area contributed by atoms with Crippen LogP contribution in [-0.2, 0) is 11.2 Å². The van der Waals surface area contributed by atoms with Gasteiger partial charge < -0.3 is 15.0 Å². The molecule has 1 unspecified atom stereocenters. The van der Waals surface area contributed by atoms with Crippen LogP contribution in [0.5, 0.6) is 0 Å². The van der Waals surface area contributed by atoms with Crippen molar-refractivity contribution in [1.29, 1.82) is 0 Å². The van der Waals surface area contributed by atoms with Crippen molar-refractivity contribution in [3.63, 3.8) is 0 Å². The second-order valence-corrected chi connectivity index (χ2v) is 6.05. The number of carbonyl (C=O) groups is 2. The third-order valence-electron chi connectivity index (χ3n) is 4.50. The number of hydrogen-bond acceptors (Lipinski definition) is 3. The number of anilines is 1. The molecule has 130 valence electrons. The minimum Gasteiger partial charge on any atom is -0.462 e. The number of esters is 1. The highest BCUT2D eigenvalue weighted by Crippen LogP contribution is 2.29. The summed E-state index contributed by atoms with van der Waals surface area (Å²) in [6.45, 7) is 4.84. The van der Waals surface area contributed by atoms with Gasteiger partial charge in [0.05, 0.1) is 18.2 Å². The molecule has 5 nitrogen and oxygen atoms in total. The second kappa shape index (κ2) is 7.38. The summed E-state index contributed by atoms with van der Waals surface area (Å²) in [5, 5.41) is 2.91. The van der Waals surface area contributed by atoms with Gasteiger partial charge in [0.2, 0.25) is 0 Å². The highest BCUT2D eigenvalue weighted by atomic mass is 16.5. The molecule has 2 aromatic carbocycles. The molecule has 2 amide bonds. The summed E-state index contributed by atoms with van der Waals surface area (Å²) < 4.78 is 4.96. The molecule has 1 aliphatic rings. The highest BCUT2D eigenvalue weighted by molar-refractivity contribution is 5.92. The zero-order valence-corrected chi connectivity index (χ0v) is 14.5. The number of urea groups is 1. The molecule has 5 heteroatoms. The summed E-state index contributed by atoms with van der Waals surface area (Å²) in [7, 11) is 0. The quantitative estimate of drug-likeness (QED) is 0.860. The molecule has 0 saturated heterocycles. The molecule has 25 heavy (non-hydrogen) atoms. The van der Waals surface area contributed by atoms with E-state index in [1.165, 1.54) is 11.1 Å². The number of nitrogens with one attached hydrogen (secondary N) is 1. The molecule has 0 fully saturated rings. The number of benzene rings is 2. The first-order valence-electron chi connectivity index (χ1n) is 8.52. The highest BCUT2D eigenvalue weighted by Gasteiger charge is 2.27. The van der Waals surface area contributed by atoms with Crippen molar-refractivity contribution in [1.82, 2.24) is 4.90 Å². The van der Waals surface area contributed by atoms with E-state index in [-0.39, 0.29) is 18.0 Å². The van der Waals surface area contributed by atoms with Crippen molar-refractivity contribution in [3.05, 3.63) is 65.2 Å². The number of rotatable bonds is 3. The van der Waals surface area contributed by atoms with Gasteiger partial charge in [0, 0.05) is 12.2 Å². The smallest absolute Gasteiger partial charge is 0.338 e. The molecular formula is C20H22N2O3. The maximum absolute atomic E-state index is 12.6. The normalized spacial score (nSPS) is 16.1. The average Bonchev–Trinajstić information content (AvgIpc) is 2.63. The number of hydrogen-bond donors (Lipinski definition) is 1. The Labute approximate surface area is 147 Å². The van der Waals surface area contributed by atoms with Crippen molar-refractivity contribution < 1.29 is 14.3 Å². The summed E-state index contributed by atoms with van der Waals surface area (Å²) >= 11 is 0. The number of carbonyl (C=O) groups excluding carboxylic acids is 2. The predicted molar refractivity (Wildman–Crippen MR) is 96.7 cm³/mol. The molecule has 0 aliphatic carbocycles. The molecule has 1 N–H and O–H groups in total. The van der Waals surface area contributed by atoms with Crippen LogP contribution in [0.1, 0.15) is 41.4 Å². The largest absolute Gasteiger partial charge is 0.462 e. The Bertz CT molecular complexity index is 771. The lowest BCUT2D eigenvalue weighted by Crippen LogP contribution is -2.41. The molecule has 0 aromatic heterocycles. The Balaban J connectivity index is 1.67. The SMILES string of the molecule is CCOC(=O)c1ccc(NC(=O)N2CCc3ccccc3C2C)cc1. The van der Waals surface area contributed by atoms with Crippen LogP contribution in [-0.4, -0.2) is 30.1 Å². The molecule has 1 atom stereocenters. The first-order valence-corrected chi connectivity index (χ1v) is 8.52. The second-order valence-electron chi connectivity index (χ2n) is 6.05. The number of amides is 2. The first kappa shape index (κ1) is 17.0. The maximum atomic E-state index is 12.6. The van der Waals surface area contributed by atoms with Crippen LogP contribution in [0.25, 0.3) is 0 Å². The van der Waals surface area contributed by atoms with E-state index in [0.29, 0.717) is 24.4 Å². The third-order valence-corrected chi connectivity index (χ3v) is 4.50. The van der Waals surface area contributed by atoms with Gasteiger partial charge >= 0.3 is 12.0 Å². The van der Waals surface area contributed by atoms with Crippen LogP contribution in [0.2, 0.25) is 0 Å². The minimum absolute atomic E-state index is 0.0313. The van der Waals surface area contributed by atoms with Gasteiger partial charge in [0.25, 0.3) is 0 Å². The number of nitrogens with zero attached hydrogens (tertiary/aromatic N) is 1. The Morgan fingerprint density at radius 1 is 1.16 bits per heavy atom. The molecule has 2 aromatic rings. The van der Waals surface area contributed by atoms with Gasteiger partial charge in [-0.15, -0.1) is 0 Å². The van der Waals surface area contributed by atoms with Crippen molar-refractivity contribution in [2.45, 2.75) is 26.3 Å². The summed E-state index contributed by atoms with van der Waals surface area (Å²) in [4.78, 5) is 26.1. The lowest BCUT2D eigenvalue weighted by molar-refractivity contribution is 0.0526. The fourth-order valence-corrected chi connectivity index (χ4v) is 3.15.